The number of rotatable bonds is 3. The van der Waals surface area contributed by atoms with Crippen molar-refractivity contribution in [2.24, 2.45) is 7.05 Å². The molecule has 1 saturated heterocycles. The van der Waals surface area contributed by atoms with Gasteiger partial charge >= 0.3 is 0 Å². The van der Waals surface area contributed by atoms with Crippen molar-refractivity contribution in [1.82, 2.24) is 15.1 Å². The number of aromatic nitrogens is 2. The Hall–Kier alpha value is -0.650. The molecule has 5 heteroatoms. The molecule has 2 heterocycles. The van der Waals surface area contributed by atoms with Gasteiger partial charge in [-0.1, -0.05) is 28.1 Å². The van der Waals surface area contributed by atoms with Gasteiger partial charge in [0.25, 0.3) is 0 Å². The van der Waals surface area contributed by atoms with Crippen LogP contribution in [0.3, 0.4) is 0 Å². The zero-order valence-electron chi connectivity index (χ0n) is 11.6. The minimum atomic E-state index is 0.184. The molecule has 0 saturated carbocycles. The van der Waals surface area contributed by atoms with Crippen molar-refractivity contribution in [2.45, 2.75) is 18.8 Å². The van der Waals surface area contributed by atoms with Gasteiger partial charge in [-0.05, 0) is 40.5 Å². The fraction of sp³-hybridized carbons (Fsp3) is 0.400. The lowest BCUT2D eigenvalue weighted by Crippen LogP contribution is -2.58. The molecular formula is C15H17Br2N3. The van der Waals surface area contributed by atoms with Crippen LogP contribution >= 0.6 is 31.9 Å². The highest BCUT2D eigenvalue weighted by molar-refractivity contribution is 9.10. The van der Waals surface area contributed by atoms with Gasteiger partial charge in [-0.2, -0.15) is 5.10 Å². The molecule has 0 aliphatic carbocycles. The van der Waals surface area contributed by atoms with Gasteiger partial charge in [-0.25, -0.2) is 0 Å². The van der Waals surface area contributed by atoms with Crippen LogP contribution in [0.15, 0.2) is 33.2 Å². The summed E-state index contributed by atoms with van der Waals surface area (Å²) < 4.78 is 4.27. The van der Waals surface area contributed by atoms with Gasteiger partial charge in [0.05, 0.1) is 15.9 Å². The van der Waals surface area contributed by atoms with E-state index >= 15 is 0 Å². The summed E-state index contributed by atoms with van der Waals surface area (Å²) in [5.41, 5.74) is 3.90. The first-order valence-electron chi connectivity index (χ1n) is 6.67. The van der Waals surface area contributed by atoms with E-state index in [9.17, 15) is 0 Å². The summed E-state index contributed by atoms with van der Waals surface area (Å²) in [7, 11) is 2.02. The highest BCUT2D eigenvalue weighted by Gasteiger charge is 2.40. The number of hydrogen-bond acceptors (Lipinski definition) is 2. The summed E-state index contributed by atoms with van der Waals surface area (Å²) in [4.78, 5) is 0. The molecule has 0 spiro atoms. The van der Waals surface area contributed by atoms with E-state index in [0.29, 0.717) is 0 Å². The van der Waals surface area contributed by atoms with E-state index in [2.05, 4.69) is 66.5 Å². The maximum atomic E-state index is 4.50. The number of halogens is 2. The first-order valence-corrected chi connectivity index (χ1v) is 8.25. The van der Waals surface area contributed by atoms with E-state index < -0.39 is 0 Å². The molecule has 1 aliphatic heterocycles. The molecule has 1 aliphatic rings. The van der Waals surface area contributed by atoms with Crippen molar-refractivity contribution in [3.05, 3.63) is 50.2 Å². The molecule has 1 aromatic carbocycles. The van der Waals surface area contributed by atoms with Crippen LogP contribution in [0.1, 0.15) is 17.0 Å². The Morgan fingerprint density at radius 1 is 1.25 bits per heavy atom. The van der Waals surface area contributed by atoms with Crippen LogP contribution in [-0.2, 0) is 18.9 Å². The Labute approximate surface area is 136 Å². The third-order valence-corrected chi connectivity index (χ3v) is 5.71. The molecule has 0 bridgehead atoms. The van der Waals surface area contributed by atoms with Crippen LogP contribution in [0, 0.1) is 6.92 Å². The maximum Gasteiger partial charge on any atom is 0.0738 e. The molecular weight excluding hydrogens is 382 g/mol. The number of benzene rings is 1. The van der Waals surface area contributed by atoms with Crippen LogP contribution in [0.2, 0.25) is 0 Å². The summed E-state index contributed by atoms with van der Waals surface area (Å²) in [6.45, 7) is 4.08. The normalized spacial score (nSPS) is 17.0. The van der Waals surface area contributed by atoms with Crippen molar-refractivity contribution in [2.75, 3.05) is 13.1 Å². The lowest BCUT2D eigenvalue weighted by molar-refractivity contribution is 0.269. The van der Waals surface area contributed by atoms with Crippen LogP contribution in [0.4, 0.5) is 0 Å². The maximum absolute atomic E-state index is 4.50. The predicted octanol–water partition coefficient (Wildman–Crippen LogP) is 3.34. The van der Waals surface area contributed by atoms with E-state index in [1.807, 2.05) is 18.7 Å². The van der Waals surface area contributed by atoms with Crippen molar-refractivity contribution in [3.63, 3.8) is 0 Å². The Morgan fingerprint density at radius 3 is 2.35 bits per heavy atom. The van der Waals surface area contributed by atoms with Gasteiger partial charge in [0, 0.05) is 36.4 Å². The Morgan fingerprint density at radius 2 is 1.90 bits per heavy atom. The first kappa shape index (κ1) is 14.3. The second-order valence-electron chi connectivity index (χ2n) is 5.54. The van der Waals surface area contributed by atoms with Crippen molar-refractivity contribution in [3.8, 4) is 0 Å². The van der Waals surface area contributed by atoms with Crippen LogP contribution in [-0.4, -0.2) is 22.9 Å². The third kappa shape index (κ3) is 2.36. The molecule has 20 heavy (non-hydrogen) atoms. The topological polar surface area (TPSA) is 29.9 Å². The van der Waals surface area contributed by atoms with Gasteiger partial charge in [-0.3, -0.25) is 4.68 Å². The van der Waals surface area contributed by atoms with Gasteiger partial charge in [0.1, 0.15) is 0 Å². The number of aryl methyl sites for hydroxylation is 2. The van der Waals surface area contributed by atoms with Crippen LogP contribution in [0.5, 0.6) is 0 Å². The summed E-state index contributed by atoms with van der Waals surface area (Å²) in [6.07, 6.45) is 1.000. The van der Waals surface area contributed by atoms with E-state index in [1.54, 1.807) is 0 Å². The van der Waals surface area contributed by atoms with Gasteiger partial charge in [0.15, 0.2) is 0 Å². The van der Waals surface area contributed by atoms with Crippen LogP contribution in [0.25, 0.3) is 0 Å². The average molecular weight is 399 g/mol. The first-order chi connectivity index (χ1) is 9.52. The quantitative estimate of drug-likeness (QED) is 0.859. The van der Waals surface area contributed by atoms with Crippen LogP contribution < -0.4 is 5.32 Å². The molecule has 3 nitrogen and oxygen atoms in total. The molecule has 0 amide bonds. The number of hydrogen-bond donors (Lipinski definition) is 1. The van der Waals surface area contributed by atoms with E-state index in [-0.39, 0.29) is 5.41 Å². The van der Waals surface area contributed by atoms with E-state index in [4.69, 9.17) is 0 Å². The molecule has 0 radical (unpaired) electrons. The monoisotopic (exact) mass is 397 g/mol. The smallest absolute Gasteiger partial charge is 0.0738 e. The number of nitrogens with zero attached hydrogens (tertiary/aromatic N) is 2. The molecule has 0 atom stereocenters. The lowest BCUT2D eigenvalue weighted by Gasteiger charge is -2.43. The SMILES string of the molecule is Cc1nn(C)c(CC2(c3ccc(Br)cc3)CNC2)c1Br. The summed E-state index contributed by atoms with van der Waals surface area (Å²) in [5, 5.41) is 7.93. The molecule has 3 rings (SSSR count). The fourth-order valence-corrected chi connectivity index (χ4v) is 3.59. The average Bonchev–Trinajstić information content (AvgIpc) is 2.61. The van der Waals surface area contributed by atoms with E-state index in [0.717, 1.165) is 34.1 Å². The molecule has 1 aromatic heterocycles. The van der Waals surface area contributed by atoms with E-state index in [1.165, 1.54) is 11.3 Å². The third-order valence-electron chi connectivity index (χ3n) is 4.15. The minimum Gasteiger partial charge on any atom is -0.315 e. The Bertz CT molecular complexity index is 627. The second kappa shape index (κ2) is 5.28. The molecule has 1 N–H and O–H groups in total. The van der Waals surface area contributed by atoms with Crippen molar-refractivity contribution < 1.29 is 0 Å². The standard InChI is InChI=1S/C15H17Br2N3/c1-10-14(17)13(20(2)19-10)7-15(8-18-9-15)11-3-5-12(16)6-4-11/h3-6,18H,7-9H2,1-2H3. The molecule has 0 unspecified atom stereocenters. The molecule has 1 fully saturated rings. The summed E-state index contributed by atoms with van der Waals surface area (Å²) >= 11 is 7.19. The lowest BCUT2D eigenvalue weighted by atomic mass is 9.72. The highest BCUT2D eigenvalue weighted by Crippen LogP contribution is 2.35. The van der Waals surface area contributed by atoms with Gasteiger partial charge in [0.2, 0.25) is 0 Å². The Kier molecular flexibility index (Phi) is 3.77. The summed E-state index contributed by atoms with van der Waals surface area (Å²) in [5.74, 6) is 0. The predicted molar refractivity (Wildman–Crippen MR) is 88.0 cm³/mol. The summed E-state index contributed by atoms with van der Waals surface area (Å²) in [6, 6.07) is 8.70. The largest absolute Gasteiger partial charge is 0.315 e. The molecule has 106 valence electrons. The zero-order chi connectivity index (χ0) is 14.3. The zero-order valence-corrected chi connectivity index (χ0v) is 14.8. The van der Waals surface area contributed by atoms with Gasteiger partial charge < -0.3 is 5.32 Å². The molecule has 2 aromatic rings. The second-order valence-corrected chi connectivity index (χ2v) is 7.25. The fourth-order valence-electron chi connectivity index (χ4n) is 2.85. The van der Waals surface area contributed by atoms with Crippen molar-refractivity contribution >= 4 is 31.9 Å². The Balaban J connectivity index is 1.96. The van der Waals surface area contributed by atoms with Gasteiger partial charge in [-0.15, -0.1) is 0 Å². The highest BCUT2D eigenvalue weighted by atomic mass is 79.9. The minimum absolute atomic E-state index is 0.184. The van der Waals surface area contributed by atoms with Crippen molar-refractivity contribution in [1.29, 1.82) is 0 Å². The number of nitrogens with one attached hydrogen (secondary N) is 1.